The first-order valence-electron chi connectivity index (χ1n) is 2.05. The van der Waals surface area contributed by atoms with Gasteiger partial charge in [0.25, 0.3) is 0 Å². The van der Waals surface area contributed by atoms with E-state index in [-0.39, 0.29) is 14.4 Å². The lowest BCUT2D eigenvalue weighted by Crippen LogP contribution is -1.88. The summed E-state index contributed by atoms with van der Waals surface area (Å²) in [4.78, 5) is -0.0957. The Bertz CT molecular complexity index is 30.0. The molecule has 0 aromatic rings. The molecule has 0 rings (SSSR count). The van der Waals surface area contributed by atoms with E-state index in [4.69, 9.17) is 23.2 Å². The molecule has 0 nitrogen and oxygen atoms in total. The number of alkyl halides is 2. The van der Waals surface area contributed by atoms with Crippen molar-refractivity contribution in [2.75, 3.05) is 0 Å². The van der Waals surface area contributed by atoms with Crippen LogP contribution in [0.15, 0.2) is 0 Å². The van der Waals surface area contributed by atoms with Crippen LogP contribution in [0.1, 0.15) is 0 Å². The lowest BCUT2D eigenvalue weighted by molar-refractivity contribution is 1.35. The van der Waals surface area contributed by atoms with Gasteiger partial charge in [0.1, 0.15) is 4.84 Å². The van der Waals surface area contributed by atoms with Crippen LogP contribution in [-0.4, -0.2) is 14.4 Å². The molecule has 0 aromatic carbocycles. The summed E-state index contributed by atoms with van der Waals surface area (Å²) in [5, 5.41) is 0. The van der Waals surface area contributed by atoms with E-state index in [0.717, 1.165) is 6.04 Å². The van der Waals surface area contributed by atoms with Crippen molar-refractivity contribution in [2.45, 2.75) is 17.4 Å². The Morgan fingerprint density at radius 2 is 2.17 bits per heavy atom. The summed E-state index contributed by atoms with van der Waals surface area (Å²) in [6.45, 7) is 2.19. The molecule has 3 heteroatoms. The fourth-order valence-electron chi connectivity index (χ4n) is 0.218. The summed E-state index contributed by atoms with van der Waals surface area (Å²) in [5.74, 6) is 0. The number of rotatable bonds is 2. The van der Waals surface area contributed by atoms with Crippen molar-refractivity contribution < 1.29 is 0 Å². The Morgan fingerprint density at radius 3 is 2.17 bits per heavy atom. The van der Waals surface area contributed by atoms with Crippen LogP contribution in [0.4, 0.5) is 0 Å². The van der Waals surface area contributed by atoms with Gasteiger partial charge in [0.15, 0.2) is 0 Å². The summed E-state index contributed by atoms with van der Waals surface area (Å²) in [6, 6.07) is 1.04. The van der Waals surface area contributed by atoms with Gasteiger partial charge >= 0.3 is 0 Å². The minimum absolute atomic E-state index is 0.0957. The van der Waals surface area contributed by atoms with Crippen LogP contribution >= 0.6 is 23.2 Å². The van der Waals surface area contributed by atoms with Crippen molar-refractivity contribution in [2.24, 2.45) is 0 Å². The summed E-state index contributed by atoms with van der Waals surface area (Å²) >= 11 is 10.8. The molecule has 0 saturated heterocycles. The second kappa shape index (κ2) is 3.97. The van der Waals surface area contributed by atoms with Crippen molar-refractivity contribution >= 4 is 32.7 Å². The normalized spacial score (nSPS) is 12.0. The molecule has 0 radical (unpaired) electrons. The fourth-order valence-corrected chi connectivity index (χ4v) is 1.96. The number of hydrogen-bond acceptors (Lipinski definition) is 0. The van der Waals surface area contributed by atoms with Gasteiger partial charge in [-0.15, -0.1) is 23.2 Å². The molecule has 0 heterocycles. The second-order valence-electron chi connectivity index (χ2n) is 1.18. The van der Waals surface area contributed by atoms with Crippen molar-refractivity contribution in [1.82, 2.24) is 0 Å². The van der Waals surface area contributed by atoms with Gasteiger partial charge in [-0.3, -0.25) is 0 Å². The maximum absolute atomic E-state index is 5.38. The molecule has 0 aromatic heterocycles. The highest BCUT2D eigenvalue weighted by Crippen LogP contribution is 2.05. The van der Waals surface area contributed by atoms with Crippen LogP contribution in [0.5, 0.6) is 0 Å². The topological polar surface area (TPSA) is 0 Å². The largest absolute Gasteiger partial charge is 0.106 e. The second-order valence-corrected chi connectivity index (χ2v) is 4.03. The van der Waals surface area contributed by atoms with Crippen LogP contribution in [0.25, 0.3) is 0 Å². The van der Waals surface area contributed by atoms with Crippen LogP contribution in [0.3, 0.4) is 0 Å². The molecule has 0 N–H and O–H groups in total. The first-order valence-corrected chi connectivity index (χ1v) is 5.34. The van der Waals surface area contributed by atoms with Gasteiger partial charge in [-0.2, -0.15) is 0 Å². The van der Waals surface area contributed by atoms with Gasteiger partial charge in [0.05, 0.1) is 0 Å². The van der Waals surface area contributed by atoms with Crippen LogP contribution < -0.4 is 0 Å². The average Bonchev–Trinajstić information content (AvgIpc) is 1.35. The van der Waals surface area contributed by atoms with E-state index < -0.39 is 0 Å². The van der Waals surface area contributed by atoms with Gasteiger partial charge in [0.2, 0.25) is 0 Å². The molecule has 0 amide bonds. The van der Waals surface area contributed by atoms with E-state index >= 15 is 0 Å². The van der Waals surface area contributed by atoms with Crippen molar-refractivity contribution in [3.63, 3.8) is 0 Å². The van der Waals surface area contributed by atoms with E-state index in [9.17, 15) is 0 Å². The molecule has 0 fully saturated rings. The van der Waals surface area contributed by atoms with E-state index in [1.807, 2.05) is 0 Å². The van der Waals surface area contributed by atoms with Crippen molar-refractivity contribution in [3.05, 3.63) is 0 Å². The van der Waals surface area contributed by atoms with E-state index in [2.05, 4.69) is 6.55 Å². The van der Waals surface area contributed by atoms with Gasteiger partial charge in [-0.05, 0) is 6.04 Å². The minimum atomic E-state index is -0.0957. The van der Waals surface area contributed by atoms with Crippen LogP contribution in [0.2, 0.25) is 12.6 Å². The SMILES string of the molecule is C[SiH2]CC(Cl)Cl. The Balaban J connectivity index is 2.63. The van der Waals surface area contributed by atoms with E-state index in [0.29, 0.717) is 0 Å². The zero-order valence-electron chi connectivity index (χ0n) is 3.75. The highest BCUT2D eigenvalue weighted by Gasteiger charge is 1.91. The predicted octanol–water partition coefficient (Wildman–Crippen LogP) is 1.43. The molecular weight excluding hydrogens is 135 g/mol. The highest BCUT2D eigenvalue weighted by molar-refractivity contribution is 6.49. The summed E-state index contributed by atoms with van der Waals surface area (Å²) in [6.07, 6.45) is 0. The standard InChI is InChI=1S/C3H8Cl2Si/c1-6-2-3(4)5/h3H,2,6H2,1H3. The predicted molar refractivity (Wildman–Crippen MR) is 34.7 cm³/mol. The Morgan fingerprint density at radius 1 is 1.67 bits per heavy atom. The minimum Gasteiger partial charge on any atom is -0.106 e. The molecule has 0 aliphatic heterocycles. The van der Waals surface area contributed by atoms with Crippen LogP contribution in [-0.2, 0) is 0 Å². The molecule has 38 valence electrons. The van der Waals surface area contributed by atoms with Crippen molar-refractivity contribution in [1.29, 1.82) is 0 Å². The van der Waals surface area contributed by atoms with E-state index in [1.54, 1.807) is 0 Å². The molecule has 0 unspecified atom stereocenters. The molecule has 0 aliphatic rings. The zero-order chi connectivity index (χ0) is 4.99. The lowest BCUT2D eigenvalue weighted by atomic mass is 10.9. The number of hydrogen-bond donors (Lipinski definition) is 0. The first-order chi connectivity index (χ1) is 2.77. The quantitative estimate of drug-likeness (QED) is 0.405. The van der Waals surface area contributed by atoms with Gasteiger partial charge in [0, 0.05) is 9.52 Å². The van der Waals surface area contributed by atoms with Crippen molar-refractivity contribution in [3.8, 4) is 0 Å². The smallest absolute Gasteiger partial charge is 0.105 e. The monoisotopic (exact) mass is 142 g/mol. The maximum Gasteiger partial charge on any atom is 0.105 e. The summed E-state index contributed by atoms with van der Waals surface area (Å²) < 4.78 is 0. The van der Waals surface area contributed by atoms with Gasteiger partial charge in [-0.25, -0.2) is 0 Å². The third kappa shape index (κ3) is 4.80. The van der Waals surface area contributed by atoms with E-state index in [1.165, 1.54) is 0 Å². The Labute approximate surface area is 50.7 Å². The molecule has 0 bridgehead atoms. The third-order valence-electron chi connectivity index (χ3n) is 0.507. The highest BCUT2D eigenvalue weighted by atomic mass is 35.5. The zero-order valence-corrected chi connectivity index (χ0v) is 6.67. The lowest BCUT2D eigenvalue weighted by Gasteiger charge is -1.90. The molecule has 0 spiro atoms. The first kappa shape index (κ1) is 6.80. The van der Waals surface area contributed by atoms with Gasteiger partial charge < -0.3 is 0 Å². The molecule has 6 heavy (non-hydrogen) atoms. The number of halogens is 2. The molecular formula is C3H8Cl2Si. The van der Waals surface area contributed by atoms with Gasteiger partial charge in [-0.1, -0.05) is 6.55 Å². The molecule has 0 saturated carbocycles. The molecule has 0 atom stereocenters. The summed E-state index contributed by atoms with van der Waals surface area (Å²) in [7, 11) is 0.103. The molecule has 0 aliphatic carbocycles. The Hall–Kier alpha value is 0.797. The maximum atomic E-state index is 5.38. The Kier molecular flexibility index (Phi) is 4.50. The average molecular weight is 143 g/mol. The third-order valence-corrected chi connectivity index (χ3v) is 2.83. The summed E-state index contributed by atoms with van der Waals surface area (Å²) in [5.41, 5.74) is 0. The van der Waals surface area contributed by atoms with Crippen LogP contribution in [0, 0.1) is 0 Å². The fraction of sp³-hybridized carbons (Fsp3) is 1.00.